The maximum Gasteiger partial charge on any atom is 0.307 e. The lowest BCUT2D eigenvalue weighted by molar-refractivity contribution is -0.153. The van der Waals surface area contributed by atoms with Crippen LogP contribution in [0, 0.1) is 29.1 Å². The van der Waals surface area contributed by atoms with Crippen LogP contribution in [-0.4, -0.2) is 87.3 Å². The number of rotatable bonds is 28. The number of nitrogens with zero attached hydrogens (tertiary/aromatic N) is 2. The highest BCUT2D eigenvalue weighted by molar-refractivity contribution is 5.70. The van der Waals surface area contributed by atoms with Crippen molar-refractivity contribution in [1.82, 2.24) is 9.80 Å². The van der Waals surface area contributed by atoms with Gasteiger partial charge >= 0.3 is 17.9 Å². The minimum absolute atomic E-state index is 0.0837. The van der Waals surface area contributed by atoms with Crippen molar-refractivity contribution >= 4 is 17.9 Å². The lowest BCUT2D eigenvalue weighted by Crippen LogP contribution is -2.45. The second kappa shape index (κ2) is 25.1. The van der Waals surface area contributed by atoms with E-state index in [1.807, 2.05) is 0 Å². The van der Waals surface area contributed by atoms with Gasteiger partial charge in [0.2, 0.25) is 0 Å². The molecule has 1 atom stereocenters. The Bertz CT molecular complexity index is 1080. The van der Waals surface area contributed by atoms with Crippen molar-refractivity contribution in [2.75, 3.05) is 59.6 Å². The van der Waals surface area contributed by atoms with E-state index in [1.165, 1.54) is 83.5 Å². The van der Waals surface area contributed by atoms with Gasteiger partial charge in [0, 0.05) is 45.6 Å². The van der Waals surface area contributed by atoms with Crippen LogP contribution in [0.4, 0.5) is 0 Å². The largest absolute Gasteiger partial charge is 0.465 e. The van der Waals surface area contributed by atoms with Gasteiger partial charge in [0.15, 0.2) is 0 Å². The van der Waals surface area contributed by atoms with Gasteiger partial charge < -0.3 is 24.0 Å². The molecular formula is C45H76N2O6. The Morgan fingerprint density at radius 3 is 1.68 bits per heavy atom. The number of piperazine rings is 1. The molecule has 0 amide bonds. The number of carbonyl (C=O) groups excluding carboxylic acids is 3. The van der Waals surface area contributed by atoms with Gasteiger partial charge in [-0.2, -0.15) is 0 Å². The second-order valence-corrected chi connectivity index (χ2v) is 17.4. The molecule has 1 unspecified atom stereocenters. The van der Waals surface area contributed by atoms with Crippen molar-refractivity contribution in [3.05, 3.63) is 24.3 Å². The molecule has 0 spiro atoms. The summed E-state index contributed by atoms with van der Waals surface area (Å²) in [6.45, 7) is 7.11. The number of carbonyl (C=O) groups is 3. The zero-order valence-electron chi connectivity index (χ0n) is 33.9. The minimum Gasteiger partial charge on any atom is -0.465 e. The van der Waals surface area contributed by atoms with E-state index in [0.29, 0.717) is 31.2 Å². The Hall–Kier alpha value is -2.19. The van der Waals surface area contributed by atoms with Crippen LogP contribution >= 0.6 is 0 Å². The first-order chi connectivity index (χ1) is 25.8. The molecule has 5 fully saturated rings. The number of esters is 3. The van der Waals surface area contributed by atoms with Crippen molar-refractivity contribution in [3.8, 4) is 0 Å². The molecule has 8 nitrogen and oxygen atoms in total. The summed E-state index contributed by atoms with van der Waals surface area (Å²) in [4.78, 5) is 42.7. The molecule has 1 saturated heterocycles. The Morgan fingerprint density at radius 1 is 0.623 bits per heavy atom. The maximum absolute atomic E-state index is 12.8. The van der Waals surface area contributed by atoms with Crippen LogP contribution in [-0.2, 0) is 28.6 Å². The Labute approximate surface area is 323 Å². The van der Waals surface area contributed by atoms with E-state index in [-0.39, 0.29) is 43.6 Å². The SMILES string of the molecule is CCCCC/C=C\C/C=C\CCCCCCCCC(=O)OCC(COC(=O)CCCC12CC3CC(CC(C3)C1)C2)COC(=O)CCN1CCN(C)CC1. The highest BCUT2D eigenvalue weighted by Crippen LogP contribution is 2.61. The van der Waals surface area contributed by atoms with Gasteiger partial charge in [-0.15, -0.1) is 0 Å². The first-order valence-corrected chi connectivity index (χ1v) is 22.0. The summed E-state index contributed by atoms with van der Waals surface area (Å²) in [6, 6.07) is 0. The van der Waals surface area contributed by atoms with E-state index in [9.17, 15) is 14.4 Å². The predicted molar refractivity (Wildman–Crippen MR) is 213 cm³/mol. The average molecular weight is 741 g/mol. The highest BCUT2D eigenvalue weighted by atomic mass is 16.6. The summed E-state index contributed by atoms with van der Waals surface area (Å²) in [5, 5.41) is 0. The molecule has 5 aliphatic rings. The molecule has 1 aliphatic heterocycles. The molecule has 4 aliphatic carbocycles. The van der Waals surface area contributed by atoms with Crippen LogP contribution in [0.1, 0.15) is 155 Å². The molecule has 0 aromatic heterocycles. The Kier molecular flexibility index (Phi) is 20.6. The summed E-state index contributed by atoms with van der Waals surface area (Å²) in [6.07, 6.45) is 34.6. The number of ether oxygens (including phenoxy) is 3. The number of hydrogen-bond donors (Lipinski definition) is 0. The Morgan fingerprint density at radius 2 is 1.11 bits per heavy atom. The molecule has 53 heavy (non-hydrogen) atoms. The van der Waals surface area contributed by atoms with Crippen LogP contribution in [0.2, 0.25) is 0 Å². The molecule has 302 valence electrons. The molecule has 0 N–H and O–H groups in total. The smallest absolute Gasteiger partial charge is 0.307 e. The van der Waals surface area contributed by atoms with E-state index in [0.717, 1.165) is 88.9 Å². The number of unbranched alkanes of at least 4 members (excludes halogenated alkanes) is 9. The van der Waals surface area contributed by atoms with E-state index in [4.69, 9.17) is 14.2 Å². The molecule has 4 saturated carbocycles. The lowest BCUT2D eigenvalue weighted by Gasteiger charge is -2.57. The average Bonchev–Trinajstić information content (AvgIpc) is 3.13. The number of allylic oxidation sites excluding steroid dienone is 4. The van der Waals surface area contributed by atoms with E-state index in [2.05, 4.69) is 48.1 Å². The molecule has 0 aromatic carbocycles. The van der Waals surface area contributed by atoms with Crippen LogP contribution in [0.15, 0.2) is 24.3 Å². The molecular weight excluding hydrogens is 665 g/mol. The van der Waals surface area contributed by atoms with Gasteiger partial charge in [0.1, 0.15) is 19.8 Å². The molecule has 8 heteroatoms. The first-order valence-electron chi connectivity index (χ1n) is 22.0. The van der Waals surface area contributed by atoms with Gasteiger partial charge in [0.05, 0.1) is 12.3 Å². The lowest BCUT2D eigenvalue weighted by atomic mass is 9.48. The van der Waals surface area contributed by atoms with E-state index in [1.54, 1.807) is 0 Å². The van der Waals surface area contributed by atoms with E-state index < -0.39 is 0 Å². The van der Waals surface area contributed by atoms with Gasteiger partial charge in [-0.25, -0.2) is 0 Å². The summed E-state index contributed by atoms with van der Waals surface area (Å²) < 4.78 is 17.0. The maximum atomic E-state index is 12.8. The topological polar surface area (TPSA) is 85.4 Å². The van der Waals surface area contributed by atoms with Crippen molar-refractivity contribution in [1.29, 1.82) is 0 Å². The molecule has 0 aromatic rings. The van der Waals surface area contributed by atoms with Crippen LogP contribution in [0.3, 0.4) is 0 Å². The zero-order valence-corrected chi connectivity index (χ0v) is 33.9. The van der Waals surface area contributed by atoms with Crippen LogP contribution in [0.25, 0.3) is 0 Å². The van der Waals surface area contributed by atoms with E-state index >= 15 is 0 Å². The van der Waals surface area contributed by atoms with Crippen molar-refractivity contribution in [2.45, 2.75) is 155 Å². The fourth-order valence-electron chi connectivity index (χ4n) is 9.78. The number of likely N-dealkylation sites (N-methyl/N-ethyl adjacent to an activating group) is 1. The third kappa shape index (κ3) is 17.9. The molecule has 0 radical (unpaired) electrons. The van der Waals surface area contributed by atoms with Gasteiger partial charge in [-0.3, -0.25) is 14.4 Å². The minimum atomic E-state index is -0.366. The van der Waals surface area contributed by atoms with Crippen LogP contribution < -0.4 is 0 Å². The highest BCUT2D eigenvalue weighted by Gasteiger charge is 2.50. The molecule has 4 bridgehead atoms. The fourth-order valence-corrected chi connectivity index (χ4v) is 9.78. The first kappa shape index (κ1) is 43.5. The summed E-state index contributed by atoms with van der Waals surface area (Å²) in [5.74, 6) is 1.69. The third-order valence-electron chi connectivity index (χ3n) is 12.5. The summed E-state index contributed by atoms with van der Waals surface area (Å²) >= 11 is 0. The fraction of sp³-hybridized carbons (Fsp3) is 0.844. The zero-order chi connectivity index (χ0) is 37.6. The molecule has 5 rings (SSSR count). The summed E-state index contributed by atoms with van der Waals surface area (Å²) in [7, 11) is 2.12. The van der Waals surface area contributed by atoms with Gasteiger partial charge in [-0.1, -0.05) is 69.8 Å². The van der Waals surface area contributed by atoms with Gasteiger partial charge in [0.25, 0.3) is 0 Å². The standard InChI is InChI=1S/C45H76N2O6/c1-3-4-5-6-7-8-9-10-11-12-13-14-15-16-17-18-20-42(48)51-35-41(37-53-44(50)22-24-47-27-25-46(2)26-28-47)36-52-43(49)21-19-23-45-32-38-29-39(33-45)31-40(30-38)34-45/h7-8,10-11,38-41H,3-6,9,12-37H2,1-2H3/b8-7-,11-10-. The summed E-state index contributed by atoms with van der Waals surface area (Å²) in [5.41, 5.74) is 0.465. The third-order valence-corrected chi connectivity index (χ3v) is 12.5. The van der Waals surface area contributed by atoms with Crippen molar-refractivity contribution in [3.63, 3.8) is 0 Å². The monoisotopic (exact) mass is 741 g/mol. The second-order valence-electron chi connectivity index (χ2n) is 17.4. The van der Waals surface area contributed by atoms with Crippen LogP contribution in [0.5, 0.6) is 0 Å². The van der Waals surface area contributed by atoms with Crippen molar-refractivity contribution < 1.29 is 28.6 Å². The predicted octanol–water partition coefficient (Wildman–Crippen LogP) is 9.46. The molecule has 1 heterocycles. The number of hydrogen-bond acceptors (Lipinski definition) is 8. The van der Waals surface area contributed by atoms with Gasteiger partial charge in [-0.05, 0) is 120 Å². The quantitative estimate of drug-likeness (QED) is 0.0340. The van der Waals surface area contributed by atoms with Crippen molar-refractivity contribution in [2.24, 2.45) is 29.1 Å². The Balaban J connectivity index is 1.07. The normalized spacial score (nSPS) is 25.0.